The normalized spacial score (nSPS) is 14.5. The van der Waals surface area contributed by atoms with Crippen LogP contribution >= 0.6 is 0 Å². The molecule has 0 spiro atoms. The second kappa shape index (κ2) is 8.99. The first-order valence-corrected chi connectivity index (χ1v) is 10.4. The Bertz CT molecular complexity index is 1360. The molecule has 4 rings (SSSR count). The third-order valence-electron chi connectivity index (χ3n) is 5.73. The van der Waals surface area contributed by atoms with E-state index in [1.54, 1.807) is 25.2 Å². The van der Waals surface area contributed by atoms with Crippen LogP contribution in [0.25, 0.3) is 10.9 Å². The number of hydrogen-bond acceptors (Lipinski definition) is 6. The van der Waals surface area contributed by atoms with Gasteiger partial charge < -0.3 is 18.9 Å². The highest BCUT2D eigenvalue weighted by Crippen LogP contribution is 2.33. The maximum absolute atomic E-state index is 12.9. The van der Waals surface area contributed by atoms with Crippen molar-refractivity contribution in [3.8, 4) is 23.6 Å². The van der Waals surface area contributed by atoms with E-state index in [9.17, 15) is 28.5 Å². The highest BCUT2D eigenvalue weighted by atomic mass is 19.4. The first kappa shape index (κ1) is 23.0. The maximum Gasteiger partial charge on any atom is 0.573 e. The van der Waals surface area contributed by atoms with Gasteiger partial charge in [-0.15, -0.1) is 13.2 Å². The number of para-hydroxylation sites is 1. The van der Waals surface area contributed by atoms with Crippen LogP contribution in [0.4, 0.5) is 18.9 Å². The summed E-state index contributed by atoms with van der Waals surface area (Å²) in [4.78, 5) is 14.8. The third-order valence-corrected chi connectivity index (χ3v) is 5.73. The Morgan fingerprint density at radius 3 is 2.24 bits per heavy atom. The lowest BCUT2D eigenvalue weighted by Gasteiger charge is -2.35. The summed E-state index contributed by atoms with van der Waals surface area (Å²) in [7, 11) is 1.54. The smallest absolute Gasteiger partial charge is 0.490 e. The lowest BCUT2D eigenvalue weighted by Crippen LogP contribution is -2.40. The van der Waals surface area contributed by atoms with Crippen LogP contribution in [-0.2, 0) is 7.05 Å². The van der Waals surface area contributed by atoms with Crippen molar-refractivity contribution >= 4 is 16.6 Å². The summed E-state index contributed by atoms with van der Waals surface area (Å²) in [5.74, 6) is 0.0938. The molecule has 174 valence electrons. The molecule has 0 atom stereocenters. The van der Waals surface area contributed by atoms with Gasteiger partial charge in [0.1, 0.15) is 35.3 Å². The van der Waals surface area contributed by atoms with Gasteiger partial charge in [0.25, 0.3) is 5.56 Å². The zero-order chi connectivity index (χ0) is 24.5. The minimum absolute atomic E-state index is 0.0183. The van der Waals surface area contributed by atoms with Gasteiger partial charge in [-0.05, 0) is 30.3 Å². The molecule has 0 amide bonds. The number of pyridine rings is 1. The number of nitriles is 2. The van der Waals surface area contributed by atoms with Gasteiger partial charge in [-0.2, -0.15) is 10.5 Å². The van der Waals surface area contributed by atoms with Crippen molar-refractivity contribution in [2.24, 2.45) is 7.05 Å². The van der Waals surface area contributed by atoms with Gasteiger partial charge in [-0.3, -0.25) is 4.79 Å². The molecule has 0 saturated carbocycles. The zero-order valence-electron chi connectivity index (χ0n) is 18.1. The number of nitrogens with zero attached hydrogens (tertiary/aromatic N) is 4. The Hall–Kier alpha value is -4.18. The van der Waals surface area contributed by atoms with Crippen LogP contribution < -0.4 is 19.9 Å². The molecule has 7 nitrogen and oxygen atoms in total. The first-order chi connectivity index (χ1) is 16.2. The second-order valence-corrected chi connectivity index (χ2v) is 7.84. The van der Waals surface area contributed by atoms with E-state index in [0.717, 1.165) is 0 Å². The molecule has 0 bridgehead atoms. The average Bonchev–Trinajstić information content (AvgIpc) is 2.81. The SMILES string of the molecule is Cn1c(=O)c(C#N)c(N2CCC(Oc3ccc(OC(F)(F)F)cc3)CC2)c2cccc(C#N)c21. The van der Waals surface area contributed by atoms with Crippen molar-refractivity contribution in [2.75, 3.05) is 18.0 Å². The number of fused-ring (bicyclic) bond motifs is 1. The van der Waals surface area contributed by atoms with Gasteiger partial charge in [-0.25, -0.2) is 0 Å². The fourth-order valence-corrected chi connectivity index (χ4v) is 4.23. The molecule has 1 saturated heterocycles. The number of aryl methyl sites for hydroxylation is 1. The highest BCUT2D eigenvalue weighted by molar-refractivity contribution is 5.97. The second-order valence-electron chi connectivity index (χ2n) is 7.84. The van der Waals surface area contributed by atoms with Crippen LogP contribution in [-0.4, -0.2) is 30.1 Å². The minimum atomic E-state index is -4.76. The molecule has 0 aliphatic carbocycles. The molecule has 1 aliphatic rings. The third kappa shape index (κ3) is 4.48. The number of benzene rings is 2. The summed E-state index contributed by atoms with van der Waals surface area (Å²) in [5.41, 5.74) is 0.879. The largest absolute Gasteiger partial charge is 0.573 e. The van der Waals surface area contributed by atoms with Crippen molar-refractivity contribution in [1.82, 2.24) is 4.57 Å². The predicted molar refractivity (Wildman–Crippen MR) is 118 cm³/mol. The molecule has 1 fully saturated rings. The number of rotatable bonds is 4. The molecule has 2 aromatic carbocycles. The molecule has 1 aliphatic heterocycles. The monoisotopic (exact) mass is 468 g/mol. The molecule has 10 heteroatoms. The van der Waals surface area contributed by atoms with Crippen molar-refractivity contribution in [1.29, 1.82) is 10.5 Å². The molecule has 0 radical (unpaired) electrons. The Morgan fingerprint density at radius 2 is 1.65 bits per heavy atom. The minimum Gasteiger partial charge on any atom is -0.490 e. The van der Waals surface area contributed by atoms with Gasteiger partial charge >= 0.3 is 6.36 Å². The number of hydrogen-bond donors (Lipinski definition) is 0. The van der Waals surface area contributed by atoms with E-state index in [-0.39, 0.29) is 17.4 Å². The van der Waals surface area contributed by atoms with Crippen LogP contribution in [0.3, 0.4) is 0 Å². The number of aromatic nitrogens is 1. The number of alkyl halides is 3. The van der Waals surface area contributed by atoms with Gasteiger partial charge in [-0.1, -0.05) is 12.1 Å². The van der Waals surface area contributed by atoms with Crippen LogP contribution in [0.2, 0.25) is 0 Å². The summed E-state index contributed by atoms with van der Waals surface area (Å²) in [5, 5.41) is 19.9. The highest BCUT2D eigenvalue weighted by Gasteiger charge is 2.31. The molecular weight excluding hydrogens is 449 g/mol. The van der Waals surface area contributed by atoms with Crippen LogP contribution in [0.1, 0.15) is 24.0 Å². The zero-order valence-corrected chi connectivity index (χ0v) is 18.1. The number of piperidine rings is 1. The molecule has 0 N–H and O–H groups in total. The number of anilines is 1. The fourth-order valence-electron chi connectivity index (χ4n) is 4.23. The Labute approximate surface area is 192 Å². The van der Waals surface area contributed by atoms with Crippen LogP contribution in [0.15, 0.2) is 47.3 Å². The standard InChI is InChI=1S/C24H19F3N4O3/c1-30-21-15(13-28)3-2-4-19(21)22(20(14-29)23(30)32)31-11-9-17(10-12-31)33-16-5-7-18(8-6-16)34-24(25,26)27/h2-8,17H,9-12H2,1H3. The molecule has 0 unspecified atom stereocenters. The van der Waals surface area contributed by atoms with Gasteiger partial charge in [0.15, 0.2) is 0 Å². The molecular formula is C24H19F3N4O3. The fraction of sp³-hybridized carbons (Fsp3) is 0.292. The number of ether oxygens (including phenoxy) is 2. The van der Waals surface area contributed by atoms with Crippen LogP contribution in [0.5, 0.6) is 11.5 Å². The van der Waals surface area contributed by atoms with E-state index < -0.39 is 11.9 Å². The predicted octanol–water partition coefficient (Wildman–Crippen LogP) is 4.23. The Balaban J connectivity index is 1.54. The molecule has 1 aromatic heterocycles. The lowest BCUT2D eigenvalue weighted by molar-refractivity contribution is -0.274. The van der Waals surface area contributed by atoms with Crippen molar-refractivity contribution in [3.05, 3.63) is 63.9 Å². The molecule has 2 heterocycles. The van der Waals surface area contributed by atoms with E-state index in [0.29, 0.717) is 53.8 Å². The van der Waals surface area contributed by atoms with E-state index >= 15 is 0 Å². The van der Waals surface area contributed by atoms with Gasteiger partial charge in [0.2, 0.25) is 0 Å². The summed E-state index contributed by atoms with van der Waals surface area (Å²) >= 11 is 0. The Kier molecular flexibility index (Phi) is 6.08. The van der Waals surface area contributed by atoms with Gasteiger partial charge in [0.05, 0.1) is 16.8 Å². The summed E-state index contributed by atoms with van der Waals surface area (Å²) in [6.45, 7) is 0.987. The summed E-state index contributed by atoms with van der Waals surface area (Å²) in [6, 6.07) is 14.5. The number of halogens is 3. The van der Waals surface area contributed by atoms with E-state index in [2.05, 4.69) is 10.8 Å². The Morgan fingerprint density at radius 1 is 1.00 bits per heavy atom. The van der Waals surface area contributed by atoms with E-state index in [1.807, 2.05) is 11.0 Å². The quantitative estimate of drug-likeness (QED) is 0.569. The topological polar surface area (TPSA) is 91.3 Å². The van der Waals surface area contributed by atoms with E-state index in [1.165, 1.54) is 28.8 Å². The maximum atomic E-state index is 12.9. The van der Waals surface area contributed by atoms with Gasteiger partial charge in [0, 0.05) is 38.4 Å². The first-order valence-electron chi connectivity index (χ1n) is 10.4. The van der Waals surface area contributed by atoms with Crippen LogP contribution in [0, 0.1) is 22.7 Å². The van der Waals surface area contributed by atoms with E-state index in [4.69, 9.17) is 4.74 Å². The molecule has 34 heavy (non-hydrogen) atoms. The average molecular weight is 468 g/mol. The summed E-state index contributed by atoms with van der Waals surface area (Å²) < 4.78 is 48.1. The van der Waals surface area contributed by atoms with Crippen molar-refractivity contribution in [2.45, 2.75) is 25.3 Å². The lowest BCUT2D eigenvalue weighted by atomic mass is 10.0. The molecule has 3 aromatic rings. The van der Waals surface area contributed by atoms with Crippen molar-refractivity contribution in [3.63, 3.8) is 0 Å². The summed E-state index contributed by atoms with van der Waals surface area (Å²) in [6.07, 6.45) is -3.81. The van der Waals surface area contributed by atoms with Crippen molar-refractivity contribution < 1.29 is 22.6 Å².